The number of fused-ring (bicyclic) bond motifs is 10. The molecule has 0 bridgehead atoms. The van der Waals surface area contributed by atoms with Crippen LogP contribution in [0.2, 0.25) is 0 Å². The molecule has 0 unspecified atom stereocenters. The summed E-state index contributed by atoms with van der Waals surface area (Å²) in [6.07, 6.45) is 0. The number of rotatable bonds is 3. The van der Waals surface area contributed by atoms with Crippen LogP contribution in [0, 0.1) is 11.3 Å². The summed E-state index contributed by atoms with van der Waals surface area (Å²) in [5, 5.41) is 16.7. The van der Waals surface area contributed by atoms with Crippen molar-refractivity contribution in [2.75, 3.05) is 0 Å². The minimum Gasteiger partial charge on any atom is -0.293 e. The molecule has 10 aromatic rings. The van der Waals surface area contributed by atoms with Crippen molar-refractivity contribution in [2.24, 2.45) is 0 Å². The van der Waals surface area contributed by atoms with Crippen molar-refractivity contribution in [3.8, 4) is 45.7 Å². The third-order valence-corrected chi connectivity index (χ3v) is 12.3. The molecule has 0 amide bonds. The van der Waals surface area contributed by atoms with Gasteiger partial charge in [-0.05, 0) is 88.1 Å². The van der Waals surface area contributed by atoms with Crippen LogP contribution < -0.4 is 0 Å². The van der Waals surface area contributed by atoms with Gasteiger partial charge in [0.15, 0.2) is 5.82 Å². The summed E-state index contributed by atoms with van der Waals surface area (Å²) in [7, 11) is 0. The number of aromatic nitrogens is 3. The van der Waals surface area contributed by atoms with Crippen molar-refractivity contribution in [2.45, 2.75) is 19.3 Å². The molecule has 0 saturated carbocycles. The highest BCUT2D eigenvalue weighted by Crippen LogP contribution is 2.52. The lowest BCUT2D eigenvalue weighted by Crippen LogP contribution is -2.20. The van der Waals surface area contributed by atoms with Gasteiger partial charge in [-0.3, -0.25) is 4.57 Å². The number of hydrogen-bond acceptors (Lipinski definition) is 4. The summed E-state index contributed by atoms with van der Waals surface area (Å²) in [5.41, 5.74) is 10.1. The highest BCUT2D eigenvalue weighted by Gasteiger charge is 2.41. The maximum Gasteiger partial charge on any atom is 0.162 e. The molecular weight excluding hydrogens is 665 g/mol. The summed E-state index contributed by atoms with van der Waals surface area (Å²) < 4.78 is 4.92. The molecule has 3 aromatic heterocycles. The zero-order valence-corrected chi connectivity index (χ0v) is 29.9. The number of thiophene rings is 1. The first-order valence-corrected chi connectivity index (χ1v) is 18.7. The predicted octanol–water partition coefficient (Wildman–Crippen LogP) is 12.6. The Bertz CT molecular complexity index is 3210. The molecule has 4 nitrogen and oxygen atoms in total. The molecule has 248 valence electrons. The van der Waals surface area contributed by atoms with E-state index in [0.717, 1.165) is 50.4 Å². The van der Waals surface area contributed by atoms with E-state index in [9.17, 15) is 5.26 Å². The van der Waals surface area contributed by atoms with Crippen LogP contribution in [0.1, 0.15) is 30.5 Å². The van der Waals surface area contributed by atoms with Crippen molar-refractivity contribution in [3.05, 3.63) is 162 Å². The van der Waals surface area contributed by atoms with Gasteiger partial charge in [0.1, 0.15) is 5.82 Å². The molecule has 0 N–H and O–H groups in total. The summed E-state index contributed by atoms with van der Waals surface area (Å²) >= 11 is 1.82. The van der Waals surface area contributed by atoms with Crippen molar-refractivity contribution in [1.29, 1.82) is 5.26 Å². The fourth-order valence-corrected chi connectivity index (χ4v) is 9.66. The van der Waals surface area contributed by atoms with Crippen molar-refractivity contribution >= 4 is 64.1 Å². The van der Waals surface area contributed by atoms with Gasteiger partial charge in [0.2, 0.25) is 0 Å². The van der Waals surface area contributed by atoms with Crippen molar-refractivity contribution < 1.29 is 0 Å². The molecule has 0 spiro atoms. The largest absolute Gasteiger partial charge is 0.293 e. The van der Waals surface area contributed by atoms with E-state index in [1.165, 1.54) is 47.3 Å². The third kappa shape index (κ3) is 4.34. The molecular formula is C48H30N4S. The van der Waals surface area contributed by atoms with Crippen LogP contribution in [-0.2, 0) is 5.41 Å². The van der Waals surface area contributed by atoms with Crippen LogP contribution >= 0.6 is 11.3 Å². The summed E-state index contributed by atoms with van der Waals surface area (Å²) in [6.45, 7) is 4.61. The maximum absolute atomic E-state index is 9.41. The topological polar surface area (TPSA) is 54.5 Å². The van der Waals surface area contributed by atoms with E-state index in [1.807, 2.05) is 35.6 Å². The number of benzene rings is 7. The van der Waals surface area contributed by atoms with Gasteiger partial charge in [0.25, 0.3) is 0 Å². The fourth-order valence-electron chi connectivity index (χ4n) is 8.58. The van der Waals surface area contributed by atoms with E-state index >= 15 is 0 Å². The van der Waals surface area contributed by atoms with Gasteiger partial charge in [-0.15, -0.1) is 11.3 Å². The van der Waals surface area contributed by atoms with E-state index in [1.54, 1.807) is 0 Å². The summed E-state index contributed by atoms with van der Waals surface area (Å²) in [6, 6.07) is 54.0. The molecule has 0 fully saturated rings. The number of nitriles is 1. The number of hydrogen-bond donors (Lipinski definition) is 0. The molecule has 11 rings (SSSR count). The highest BCUT2D eigenvalue weighted by molar-refractivity contribution is 7.25. The van der Waals surface area contributed by atoms with Crippen LogP contribution in [0.25, 0.3) is 92.3 Å². The second-order valence-corrected chi connectivity index (χ2v) is 15.6. The average Bonchev–Trinajstić information content (AvgIpc) is 3.81. The monoisotopic (exact) mass is 694 g/mol. The van der Waals surface area contributed by atoms with Crippen LogP contribution in [0.3, 0.4) is 0 Å². The Kier molecular flexibility index (Phi) is 6.21. The number of para-hydroxylation sites is 1. The zero-order valence-electron chi connectivity index (χ0n) is 29.1. The Labute approximate surface area is 309 Å². The lowest BCUT2D eigenvalue weighted by molar-refractivity contribution is 0.651. The molecule has 53 heavy (non-hydrogen) atoms. The second kappa shape index (κ2) is 10.9. The minimum atomic E-state index is -0.413. The molecule has 5 heteroatoms. The molecule has 0 saturated heterocycles. The lowest BCUT2D eigenvalue weighted by atomic mass is 9.81. The van der Waals surface area contributed by atoms with Gasteiger partial charge >= 0.3 is 0 Å². The standard InChI is InChI=1S/C48H30N4S/c1-48(2)39-25-32(29-17-15-28(27-49)16-18-29)19-21-36(39)45-44(48)47(51-46(50-45)33-20-22-43-38(24-33)35-12-6-8-14-42(35)53-43)52-40-13-7-5-11-34(40)37-23-30-9-3-4-10-31(30)26-41(37)52/h3-26H,1-2H3. The van der Waals surface area contributed by atoms with Crippen LogP contribution in [0.15, 0.2) is 146 Å². The first-order valence-electron chi connectivity index (χ1n) is 17.9. The minimum absolute atomic E-state index is 0.413. The molecule has 0 aliphatic heterocycles. The quantitative estimate of drug-likeness (QED) is 0.185. The van der Waals surface area contributed by atoms with Crippen LogP contribution in [-0.4, -0.2) is 14.5 Å². The van der Waals surface area contributed by atoms with Crippen molar-refractivity contribution in [1.82, 2.24) is 14.5 Å². The van der Waals surface area contributed by atoms with Gasteiger partial charge in [-0.1, -0.05) is 98.8 Å². The van der Waals surface area contributed by atoms with Gasteiger partial charge in [0.05, 0.1) is 28.4 Å². The highest BCUT2D eigenvalue weighted by atomic mass is 32.1. The van der Waals surface area contributed by atoms with Crippen LogP contribution in [0.4, 0.5) is 0 Å². The molecule has 0 radical (unpaired) electrons. The summed E-state index contributed by atoms with van der Waals surface area (Å²) in [5.74, 6) is 1.62. The molecule has 7 aromatic carbocycles. The average molecular weight is 695 g/mol. The Balaban J connectivity index is 1.22. The SMILES string of the molecule is CC1(C)c2cc(-c3ccc(C#N)cc3)ccc2-c2nc(-c3ccc4sc5ccccc5c4c3)nc(-n3c4ccccc4c4cc5ccccc5cc43)c21. The Hall–Kier alpha value is -6.61. The Morgan fingerprint density at radius 2 is 1.28 bits per heavy atom. The number of nitrogens with zero attached hydrogens (tertiary/aromatic N) is 4. The smallest absolute Gasteiger partial charge is 0.162 e. The molecule has 1 aliphatic rings. The Morgan fingerprint density at radius 3 is 2.11 bits per heavy atom. The Morgan fingerprint density at radius 1 is 0.585 bits per heavy atom. The first kappa shape index (κ1) is 30.1. The lowest BCUT2D eigenvalue weighted by Gasteiger charge is -2.25. The molecule has 0 atom stereocenters. The second-order valence-electron chi connectivity index (χ2n) is 14.5. The third-order valence-electron chi connectivity index (χ3n) is 11.2. The van der Waals surface area contributed by atoms with Gasteiger partial charge in [-0.25, -0.2) is 9.97 Å². The maximum atomic E-state index is 9.41. The van der Waals surface area contributed by atoms with Crippen molar-refractivity contribution in [3.63, 3.8) is 0 Å². The zero-order chi connectivity index (χ0) is 35.4. The van der Waals surface area contributed by atoms with E-state index in [4.69, 9.17) is 9.97 Å². The van der Waals surface area contributed by atoms with Crippen LogP contribution in [0.5, 0.6) is 0 Å². The van der Waals surface area contributed by atoms with Gasteiger partial charge in [-0.2, -0.15) is 5.26 Å². The fraction of sp³-hybridized carbons (Fsp3) is 0.0625. The van der Waals surface area contributed by atoms with Gasteiger partial charge < -0.3 is 0 Å². The molecule has 1 aliphatic carbocycles. The predicted molar refractivity (Wildman–Crippen MR) is 220 cm³/mol. The van der Waals surface area contributed by atoms with E-state index in [-0.39, 0.29) is 0 Å². The molecule has 3 heterocycles. The normalized spacial score (nSPS) is 13.2. The van der Waals surface area contributed by atoms with E-state index in [0.29, 0.717) is 11.4 Å². The first-order chi connectivity index (χ1) is 26.0. The van der Waals surface area contributed by atoms with E-state index < -0.39 is 5.41 Å². The van der Waals surface area contributed by atoms with E-state index in [2.05, 4.69) is 146 Å². The summed E-state index contributed by atoms with van der Waals surface area (Å²) in [4.78, 5) is 11.1. The van der Waals surface area contributed by atoms with Gasteiger partial charge in [0, 0.05) is 53.1 Å².